The molecule has 0 unspecified atom stereocenters. The molecule has 0 aliphatic carbocycles. The highest BCUT2D eigenvalue weighted by Crippen LogP contribution is 2.20. The van der Waals surface area contributed by atoms with Crippen molar-refractivity contribution < 1.29 is 9.18 Å². The van der Waals surface area contributed by atoms with Crippen LogP contribution in [0.25, 0.3) is 11.4 Å². The fourth-order valence-electron chi connectivity index (χ4n) is 2.80. The van der Waals surface area contributed by atoms with E-state index in [1.165, 1.54) is 16.8 Å². The van der Waals surface area contributed by atoms with Crippen LogP contribution >= 0.6 is 0 Å². The number of nitrogens with zero attached hydrogens (tertiary/aromatic N) is 3. The molecule has 4 rings (SSSR count). The van der Waals surface area contributed by atoms with Crippen molar-refractivity contribution in [3.63, 3.8) is 0 Å². The number of rotatable bonds is 5. The normalized spacial score (nSPS) is 10.6. The molecular weight excluding hydrogens is 355 g/mol. The summed E-state index contributed by atoms with van der Waals surface area (Å²) < 4.78 is 14.8. The lowest BCUT2D eigenvalue weighted by atomic mass is 10.2. The summed E-state index contributed by atoms with van der Waals surface area (Å²) in [4.78, 5) is 17.4. The van der Waals surface area contributed by atoms with Crippen LogP contribution in [0.4, 0.5) is 10.3 Å². The van der Waals surface area contributed by atoms with E-state index in [4.69, 9.17) is 0 Å². The zero-order valence-electron chi connectivity index (χ0n) is 14.9. The first-order chi connectivity index (χ1) is 13.7. The molecule has 28 heavy (non-hydrogen) atoms. The third-order valence-corrected chi connectivity index (χ3v) is 4.20. The largest absolute Gasteiger partial charge is 0.350 e. The Kier molecular flexibility index (Phi) is 4.93. The van der Waals surface area contributed by atoms with Gasteiger partial charge in [0, 0.05) is 17.7 Å². The Hall–Kier alpha value is -3.80. The van der Waals surface area contributed by atoms with E-state index in [2.05, 4.69) is 15.4 Å². The average Bonchev–Trinajstić information content (AvgIpc) is 3.17. The van der Waals surface area contributed by atoms with E-state index in [0.717, 1.165) is 5.56 Å². The van der Waals surface area contributed by atoms with Gasteiger partial charge in [-0.15, -0.1) is 5.10 Å². The third-order valence-electron chi connectivity index (χ3n) is 4.20. The minimum atomic E-state index is -0.387. The standard InChI is InChI=1S/C22H17FN4O/c23-19-13-7-12-18(14-19)20-25-22(24-15-16-8-3-1-4-9-16)27(26-20)21(28)17-10-5-2-6-11-17/h1-14H,15H2,(H,24,25,26). The molecule has 6 heteroatoms. The maximum Gasteiger partial charge on any atom is 0.281 e. The minimum absolute atomic E-state index is 0.277. The van der Waals surface area contributed by atoms with Gasteiger partial charge >= 0.3 is 0 Å². The smallest absolute Gasteiger partial charge is 0.281 e. The number of nitrogens with one attached hydrogen (secondary N) is 1. The van der Waals surface area contributed by atoms with Crippen LogP contribution in [0.5, 0.6) is 0 Å². The van der Waals surface area contributed by atoms with E-state index in [-0.39, 0.29) is 17.5 Å². The molecule has 0 bridgehead atoms. The van der Waals surface area contributed by atoms with Gasteiger partial charge in [0.05, 0.1) is 0 Å². The maximum atomic E-state index is 13.6. The van der Waals surface area contributed by atoms with Crippen LogP contribution in [0.15, 0.2) is 84.9 Å². The Bertz CT molecular complexity index is 1090. The van der Waals surface area contributed by atoms with E-state index in [1.54, 1.807) is 36.4 Å². The maximum absolute atomic E-state index is 13.6. The second-order valence-electron chi connectivity index (χ2n) is 6.19. The van der Waals surface area contributed by atoms with Crippen molar-refractivity contribution in [3.8, 4) is 11.4 Å². The van der Waals surface area contributed by atoms with Gasteiger partial charge in [0.1, 0.15) is 5.82 Å². The first-order valence-corrected chi connectivity index (χ1v) is 8.81. The molecule has 0 spiro atoms. The molecule has 1 N–H and O–H groups in total. The highest BCUT2D eigenvalue weighted by atomic mass is 19.1. The Balaban J connectivity index is 1.70. The molecule has 138 valence electrons. The van der Waals surface area contributed by atoms with Crippen molar-refractivity contribution in [2.24, 2.45) is 0 Å². The van der Waals surface area contributed by atoms with Crippen LogP contribution in [-0.2, 0) is 6.54 Å². The summed E-state index contributed by atoms with van der Waals surface area (Å²) in [7, 11) is 0. The van der Waals surface area contributed by atoms with E-state index in [1.807, 2.05) is 36.4 Å². The monoisotopic (exact) mass is 372 g/mol. The van der Waals surface area contributed by atoms with E-state index < -0.39 is 0 Å². The Morgan fingerprint density at radius 2 is 1.64 bits per heavy atom. The third kappa shape index (κ3) is 3.81. The summed E-state index contributed by atoms with van der Waals surface area (Å²) in [6.07, 6.45) is 0. The zero-order valence-corrected chi connectivity index (χ0v) is 14.9. The minimum Gasteiger partial charge on any atom is -0.350 e. The topological polar surface area (TPSA) is 59.8 Å². The Morgan fingerprint density at radius 3 is 2.36 bits per heavy atom. The summed E-state index contributed by atoms with van der Waals surface area (Å²) >= 11 is 0. The lowest BCUT2D eigenvalue weighted by Gasteiger charge is -2.07. The second kappa shape index (κ2) is 7.84. The summed E-state index contributed by atoms with van der Waals surface area (Å²) in [6, 6.07) is 24.6. The molecule has 0 atom stereocenters. The van der Waals surface area contributed by atoms with Crippen molar-refractivity contribution in [3.05, 3.63) is 102 Å². The number of benzene rings is 3. The highest BCUT2D eigenvalue weighted by Gasteiger charge is 2.18. The molecule has 3 aromatic carbocycles. The molecule has 0 fully saturated rings. The van der Waals surface area contributed by atoms with Gasteiger partial charge in [-0.1, -0.05) is 60.7 Å². The molecule has 1 aromatic heterocycles. The van der Waals surface area contributed by atoms with Crippen molar-refractivity contribution in [2.75, 3.05) is 5.32 Å². The number of carbonyl (C=O) groups is 1. The fraction of sp³-hybridized carbons (Fsp3) is 0.0455. The number of hydrogen-bond donors (Lipinski definition) is 1. The second-order valence-corrected chi connectivity index (χ2v) is 6.19. The van der Waals surface area contributed by atoms with Crippen LogP contribution in [0.1, 0.15) is 15.9 Å². The predicted molar refractivity (Wildman–Crippen MR) is 105 cm³/mol. The molecular formula is C22H17FN4O. The quantitative estimate of drug-likeness (QED) is 0.565. The molecule has 0 saturated carbocycles. The molecule has 0 aliphatic heterocycles. The van der Waals surface area contributed by atoms with Gasteiger partial charge in [-0.25, -0.2) is 4.39 Å². The summed E-state index contributed by atoms with van der Waals surface area (Å²) in [5.41, 5.74) is 2.03. The summed E-state index contributed by atoms with van der Waals surface area (Å²) in [5, 5.41) is 7.50. The molecule has 0 saturated heterocycles. The van der Waals surface area contributed by atoms with E-state index in [0.29, 0.717) is 23.6 Å². The van der Waals surface area contributed by atoms with Crippen molar-refractivity contribution >= 4 is 11.9 Å². The fourth-order valence-corrected chi connectivity index (χ4v) is 2.80. The van der Waals surface area contributed by atoms with Gasteiger partial charge in [-0.05, 0) is 29.8 Å². The molecule has 4 aromatic rings. The van der Waals surface area contributed by atoms with E-state index in [9.17, 15) is 9.18 Å². The van der Waals surface area contributed by atoms with Crippen LogP contribution in [0.2, 0.25) is 0 Å². The Labute approximate surface area is 161 Å². The van der Waals surface area contributed by atoms with Crippen LogP contribution in [0, 0.1) is 5.82 Å². The molecule has 1 heterocycles. The number of carbonyl (C=O) groups excluding carboxylic acids is 1. The van der Waals surface area contributed by atoms with Gasteiger partial charge in [0.15, 0.2) is 5.82 Å². The number of aromatic nitrogens is 3. The molecule has 0 aliphatic rings. The van der Waals surface area contributed by atoms with Crippen molar-refractivity contribution in [1.82, 2.24) is 14.8 Å². The summed E-state index contributed by atoms with van der Waals surface area (Å²) in [6.45, 7) is 0.476. The molecule has 5 nitrogen and oxygen atoms in total. The molecule has 0 radical (unpaired) electrons. The highest BCUT2D eigenvalue weighted by molar-refractivity contribution is 5.97. The van der Waals surface area contributed by atoms with Gasteiger partial charge in [0.2, 0.25) is 5.95 Å². The lowest BCUT2D eigenvalue weighted by Crippen LogP contribution is -2.17. The predicted octanol–water partition coefficient (Wildman–Crippen LogP) is 4.38. The van der Waals surface area contributed by atoms with Crippen LogP contribution < -0.4 is 5.32 Å². The number of hydrogen-bond acceptors (Lipinski definition) is 4. The van der Waals surface area contributed by atoms with Gasteiger partial charge in [-0.3, -0.25) is 4.79 Å². The molecule has 0 amide bonds. The lowest BCUT2D eigenvalue weighted by molar-refractivity contribution is 0.0947. The average molecular weight is 372 g/mol. The van der Waals surface area contributed by atoms with Gasteiger partial charge < -0.3 is 5.32 Å². The van der Waals surface area contributed by atoms with Crippen LogP contribution in [0.3, 0.4) is 0 Å². The SMILES string of the molecule is O=C(c1ccccc1)n1nc(-c2cccc(F)c2)nc1NCc1ccccc1. The number of halogens is 1. The first kappa shape index (κ1) is 17.6. The van der Waals surface area contributed by atoms with E-state index >= 15 is 0 Å². The van der Waals surface area contributed by atoms with Gasteiger partial charge in [0.25, 0.3) is 5.91 Å². The zero-order chi connectivity index (χ0) is 19.3. The Morgan fingerprint density at radius 1 is 0.929 bits per heavy atom. The number of anilines is 1. The van der Waals surface area contributed by atoms with Crippen molar-refractivity contribution in [2.45, 2.75) is 6.54 Å². The van der Waals surface area contributed by atoms with Crippen molar-refractivity contribution in [1.29, 1.82) is 0 Å². The summed E-state index contributed by atoms with van der Waals surface area (Å²) in [5.74, 6) is -0.121. The van der Waals surface area contributed by atoms with Gasteiger partial charge in [-0.2, -0.15) is 9.67 Å². The van der Waals surface area contributed by atoms with Crippen LogP contribution in [-0.4, -0.2) is 20.7 Å². The first-order valence-electron chi connectivity index (χ1n) is 8.81.